The molecule has 1 amide bonds. The highest BCUT2D eigenvalue weighted by Gasteiger charge is 2.06. The lowest BCUT2D eigenvalue weighted by Crippen LogP contribution is -2.29. The highest BCUT2D eigenvalue weighted by atomic mass is 16.5. The Morgan fingerprint density at radius 3 is 2.39 bits per heavy atom. The van der Waals surface area contributed by atoms with Gasteiger partial charge in [0, 0.05) is 5.56 Å². The molecule has 1 atom stereocenters. The van der Waals surface area contributed by atoms with Gasteiger partial charge in [0.2, 0.25) is 0 Å². The third-order valence-corrected chi connectivity index (χ3v) is 2.69. The van der Waals surface area contributed by atoms with Crippen LogP contribution in [-0.4, -0.2) is 12.0 Å². The fourth-order valence-corrected chi connectivity index (χ4v) is 1.81. The zero-order chi connectivity index (χ0) is 13.5. The lowest BCUT2D eigenvalue weighted by Gasteiger charge is -2.15. The van der Waals surface area contributed by atoms with Gasteiger partial charge in [0.05, 0.1) is 12.7 Å². The molecule has 0 spiro atoms. The molecule has 0 aromatic heterocycles. The Hall–Kier alpha value is -1.39. The quantitative estimate of drug-likeness (QED) is 0.462. The van der Waals surface area contributed by atoms with Crippen LogP contribution in [0.15, 0.2) is 24.3 Å². The number of hydrogen-bond donors (Lipinski definition) is 2. The summed E-state index contributed by atoms with van der Waals surface area (Å²) in [5, 5.41) is 0. The molecular formula is C14H22N2O2. The van der Waals surface area contributed by atoms with Gasteiger partial charge in [0.15, 0.2) is 0 Å². The molecule has 0 aliphatic heterocycles. The molecule has 0 saturated carbocycles. The topological polar surface area (TPSA) is 64.3 Å². The molecule has 100 valence electrons. The van der Waals surface area contributed by atoms with Crippen molar-refractivity contribution in [1.29, 1.82) is 0 Å². The number of nitrogen functional groups attached to an aromatic ring is 1. The van der Waals surface area contributed by atoms with E-state index in [-0.39, 0.29) is 12.0 Å². The Labute approximate surface area is 108 Å². The van der Waals surface area contributed by atoms with Gasteiger partial charge in [-0.05, 0) is 37.0 Å². The van der Waals surface area contributed by atoms with Crippen molar-refractivity contribution in [2.24, 2.45) is 11.8 Å². The SMILES string of the molecule is CC(C)CC(C)OCc1ccc(C(=O)NN)cc1. The van der Waals surface area contributed by atoms with Crippen LogP contribution in [0.4, 0.5) is 0 Å². The number of carbonyl (C=O) groups is 1. The number of benzene rings is 1. The minimum Gasteiger partial charge on any atom is -0.374 e. The maximum Gasteiger partial charge on any atom is 0.265 e. The third-order valence-electron chi connectivity index (χ3n) is 2.69. The number of hydrogen-bond acceptors (Lipinski definition) is 3. The monoisotopic (exact) mass is 250 g/mol. The van der Waals surface area contributed by atoms with Crippen molar-refractivity contribution in [2.75, 3.05) is 0 Å². The van der Waals surface area contributed by atoms with Crippen LogP contribution in [0.3, 0.4) is 0 Å². The van der Waals surface area contributed by atoms with E-state index in [1.807, 2.05) is 12.1 Å². The zero-order valence-corrected chi connectivity index (χ0v) is 11.3. The normalized spacial score (nSPS) is 12.5. The molecule has 0 aliphatic rings. The van der Waals surface area contributed by atoms with Crippen LogP contribution < -0.4 is 11.3 Å². The highest BCUT2D eigenvalue weighted by Crippen LogP contribution is 2.11. The molecule has 1 unspecified atom stereocenters. The summed E-state index contributed by atoms with van der Waals surface area (Å²) in [6.45, 7) is 7.01. The van der Waals surface area contributed by atoms with Crippen LogP contribution in [0, 0.1) is 5.92 Å². The fourth-order valence-electron chi connectivity index (χ4n) is 1.81. The van der Waals surface area contributed by atoms with Gasteiger partial charge >= 0.3 is 0 Å². The van der Waals surface area contributed by atoms with Crippen molar-refractivity contribution < 1.29 is 9.53 Å². The van der Waals surface area contributed by atoms with Crippen molar-refractivity contribution in [3.8, 4) is 0 Å². The summed E-state index contributed by atoms with van der Waals surface area (Å²) in [4.78, 5) is 11.2. The van der Waals surface area contributed by atoms with E-state index in [0.29, 0.717) is 18.1 Å². The average Bonchev–Trinajstić information content (AvgIpc) is 2.35. The standard InChI is InChI=1S/C14H22N2O2/c1-10(2)8-11(3)18-9-12-4-6-13(7-5-12)14(17)16-15/h4-7,10-11H,8-9,15H2,1-3H3,(H,16,17). The molecule has 4 heteroatoms. The summed E-state index contributed by atoms with van der Waals surface area (Å²) < 4.78 is 5.74. The van der Waals surface area contributed by atoms with E-state index < -0.39 is 0 Å². The van der Waals surface area contributed by atoms with Gasteiger partial charge in [-0.25, -0.2) is 5.84 Å². The first kappa shape index (κ1) is 14.7. The Balaban J connectivity index is 2.46. The summed E-state index contributed by atoms with van der Waals surface area (Å²) in [5.41, 5.74) is 3.71. The molecule has 4 nitrogen and oxygen atoms in total. The Bertz CT molecular complexity index is 374. The van der Waals surface area contributed by atoms with Crippen LogP contribution in [0.25, 0.3) is 0 Å². The number of nitrogens with one attached hydrogen (secondary N) is 1. The van der Waals surface area contributed by atoms with Crippen LogP contribution in [0.5, 0.6) is 0 Å². The Morgan fingerprint density at radius 1 is 1.28 bits per heavy atom. The van der Waals surface area contributed by atoms with Crippen molar-refractivity contribution >= 4 is 5.91 Å². The highest BCUT2D eigenvalue weighted by molar-refractivity contribution is 5.93. The number of ether oxygens (including phenoxy) is 1. The van der Waals surface area contributed by atoms with Gasteiger partial charge in [-0.1, -0.05) is 26.0 Å². The van der Waals surface area contributed by atoms with E-state index in [1.165, 1.54) is 0 Å². The fraction of sp³-hybridized carbons (Fsp3) is 0.500. The predicted octanol–water partition coefficient (Wildman–Crippen LogP) is 2.24. The summed E-state index contributed by atoms with van der Waals surface area (Å²) in [5.74, 6) is 5.42. The van der Waals surface area contributed by atoms with Crippen molar-refractivity contribution in [1.82, 2.24) is 5.43 Å². The number of carbonyl (C=O) groups excluding carboxylic acids is 1. The second kappa shape index (κ2) is 7.13. The lowest BCUT2D eigenvalue weighted by molar-refractivity contribution is 0.0397. The lowest BCUT2D eigenvalue weighted by atomic mass is 10.1. The average molecular weight is 250 g/mol. The molecule has 1 aromatic rings. The largest absolute Gasteiger partial charge is 0.374 e. The Kier molecular flexibility index (Phi) is 5.82. The number of rotatable bonds is 6. The summed E-state index contributed by atoms with van der Waals surface area (Å²) in [6, 6.07) is 7.25. The van der Waals surface area contributed by atoms with E-state index in [4.69, 9.17) is 10.6 Å². The molecule has 0 fully saturated rings. The van der Waals surface area contributed by atoms with Gasteiger partial charge in [0.1, 0.15) is 0 Å². The van der Waals surface area contributed by atoms with Crippen LogP contribution >= 0.6 is 0 Å². The second-order valence-electron chi connectivity index (χ2n) is 4.92. The van der Waals surface area contributed by atoms with Crippen molar-refractivity contribution in [3.05, 3.63) is 35.4 Å². The number of nitrogens with two attached hydrogens (primary N) is 1. The predicted molar refractivity (Wildman–Crippen MR) is 71.8 cm³/mol. The minimum absolute atomic E-state index is 0.247. The van der Waals surface area contributed by atoms with Crippen molar-refractivity contribution in [3.63, 3.8) is 0 Å². The zero-order valence-electron chi connectivity index (χ0n) is 11.3. The molecule has 0 heterocycles. The molecule has 1 aromatic carbocycles. The van der Waals surface area contributed by atoms with E-state index in [1.54, 1.807) is 12.1 Å². The number of amides is 1. The first-order valence-corrected chi connectivity index (χ1v) is 6.24. The van der Waals surface area contributed by atoms with E-state index in [9.17, 15) is 4.79 Å². The molecule has 0 radical (unpaired) electrons. The van der Waals surface area contributed by atoms with Crippen LogP contribution in [0.1, 0.15) is 43.1 Å². The summed E-state index contributed by atoms with van der Waals surface area (Å²) in [7, 11) is 0. The van der Waals surface area contributed by atoms with Gasteiger partial charge in [-0.15, -0.1) is 0 Å². The van der Waals surface area contributed by atoms with E-state index in [0.717, 1.165) is 12.0 Å². The first-order chi connectivity index (χ1) is 8.52. The Morgan fingerprint density at radius 2 is 1.89 bits per heavy atom. The minimum atomic E-state index is -0.282. The summed E-state index contributed by atoms with van der Waals surface area (Å²) >= 11 is 0. The van der Waals surface area contributed by atoms with E-state index in [2.05, 4.69) is 26.2 Å². The van der Waals surface area contributed by atoms with Crippen LogP contribution in [0.2, 0.25) is 0 Å². The van der Waals surface area contributed by atoms with E-state index >= 15 is 0 Å². The maximum absolute atomic E-state index is 11.2. The molecular weight excluding hydrogens is 228 g/mol. The third kappa shape index (κ3) is 4.85. The van der Waals surface area contributed by atoms with Gasteiger partial charge in [0.25, 0.3) is 5.91 Å². The first-order valence-electron chi connectivity index (χ1n) is 6.24. The van der Waals surface area contributed by atoms with Gasteiger partial charge in [-0.2, -0.15) is 0 Å². The van der Waals surface area contributed by atoms with Crippen molar-refractivity contribution in [2.45, 2.75) is 39.9 Å². The molecule has 3 N–H and O–H groups in total. The molecule has 0 aliphatic carbocycles. The maximum atomic E-state index is 11.2. The van der Waals surface area contributed by atoms with Gasteiger partial charge in [-0.3, -0.25) is 10.2 Å². The summed E-state index contributed by atoms with van der Waals surface area (Å²) in [6.07, 6.45) is 1.30. The smallest absolute Gasteiger partial charge is 0.265 e. The molecule has 18 heavy (non-hydrogen) atoms. The molecule has 1 rings (SSSR count). The van der Waals surface area contributed by atoms with Crippen LogP contribution in [-0.2, 0) is 11.3 Å². The van der Waals surface area contributed by atoms with Gasteiger partial charge < -0.3 is 4.74 Å². The molecule has 0 saturated heterocycles. The number of hydrazine groups is 1. The molecule has 0 bridgehead atoms. The second-order valence-corrected chi connectivity index (χ2v) is 4.92.